The summed E-state index contributed by atoms with van der Waals surface area (Å²) >= 11 is 6.22. The van der Waals surface area contributed by atoms with Gasteiger partial charge in [-0.25, -0.2) is 0 Å². The second-order valence-corrected chi connectivity index (χ2v) is 16.6. The predicted octanol–water partition coefficient (Wildman–Crippen LogP) is 6.29. The number of hydrogen-bond acceptors (Lipinski definition) is 5. The van der Waals surface area contributed by atoms with Gasteiger partial charge < -0.3 is 0 Å². The van der Waals surface area contributed by atoms with E-state index in [-0.39, 0.29) is 23.5 Å². The first-order valence-electron chi connectivity index (χ1n) is 14.5. The summed E-state index contributed by atoms with van der Waals surface area (Å²) in [6, 6.07) is -0.0895. The van der Waals surface area contributed by atoms with Gasteiger partial charge in [0, 0.05) is 0 Å². The molecule has 41 heavy (non-hydrogen) atoms. The molecule has 2 aliphatic heterocycles. The minimum absolute atomic E-state index is 0.0452. The number of fused-ring (bicyclic) bond motifs is 1. The molecule has 1 N–H and O–H groups in total. The third-order valence-electron chi connectivity index (χ3n) is 8.56. The van der Waals surface area contributed by atoms with Gasteiger partial charge in [0.25, 0.3) is 0 Å². The molecule has 7 nitrogen and oxygen atoms in total. The topological polar surface area (TPSA) is 84.7 Å². The Bertz CT molecular complexity index is 1380. The molecule has 3 heterocycles. The third-order valence-corrected chi connectivity index (χ3v) is 14.3. The van der Waals surface area contributed by atoms with Crippen molar-refractivity contribution in [2.45, 2.75) is 70.5 Å². The molecule has 0 aromatic carbocycles. The van der Waals surface area contributed by atoms with Crippen LogP contribution < -0.4 is 5.56 Å². The van der Waals surface area contributed by atoms with Crippen LogP contribution in [0.15, 0.2) is 76.2 Å². The van der Waals surface area contributed by atoms with E-state index >= 15 is 0 Å². The number of carbonyl (C=O) groups is 1. The van der Waals surface area contributed by atoms with Crippen LogP contribution in [0, 0.1) is 0 Å². The van der Waals surface area contributed by atoms with Gasteiger partial charge in [0.2, 0.25) is 0 Å². The third kappa shape index (κ3) is 7.38. The van der Waals surface area contributed by atoms with Crippen LogP contribution in [0.1, 0.15) is 62.3 Å². The van der Waals surface area contributed by atoms with Gasteiger partial charge in [0.15, 0.2) is 0 Å². The van der Waals surface area contributed by atoms with Gasteiger partial charge in [-0.2, -0.15) is 0 Å². The fourth-order valence-corrected chi connectivity index (χ4v) is 11.9. The summed E-state index contributed by atoms with van der Waals surface area (Å²) in [4.78, 5) is 32.0. The number of carbonyl (C=O) groups excluding carboxylic acids is 1. The van der Waals surface area contributed by atoms with Crippen LogP contribution in [0.4, 0.5) is 0 Å². The van der Waals surface area contributed by atoms with Crippen molar-refractivity contribution in [3.63, 3.8) is 0 Å². The molecule has 1 aliphatic carbocycles. The molecule has 4 rings (SSSR count). The monoisotopic (exact) mass is 599 g/mol. The van der Waals surface area contributed by atoms with Gasteiger partial charge >= 0.3 is 249 Å². The molecule has 1 fully saturated rings. The quantitative estimate of drug-likeness (QED) is 0.266. The Morgan fingerprint density at radius 1 is 1.27 bits per heavy atom. The number of hydrogen-bond donors (Lipinski definition) is 1. The molecule has 2 unspecified atom stereocenters. The van der Waals surface area contributed by atoms with Crippen molar-refractivity contribution < 1.29 is 14.6 Å². The van der Waals surface area contributed by atoms with E-state index < -0.39 is 18.6 Å². The maximum atomic E-state index is 13.2. The van der Waals surface area contributed by atoms with E-state index in [1.807, 2.05) is 19.1 Å². The van der Waals surface area contributed by atoms with Crippen molar-refractivity contribution in [3.8, 4) is 5.75 Å². The average Bonchev–Trinajstić information content (AvgIpc) is 2.93. The molecule has 222 valence electrons. The van der Waals surface area contributed by atoms with Gasteiger partial charge in [0.05, 0.1) is 0 Å². The average molecular weight is 600 g/mol. The summed E-state index contributed by atoms with van der Waals surface area (Å²) in [6.07, 6.45) is 23.8. The minimum atomic E-state index is -2.35. The Labute approximate surface area is 249 Å². The number of allylic oxidation sites excluding steroid dienone is 9. The molecule has 9 heteroatoms. The number of likely N-dealkylation sites (N-methyl/N-ethyl adjacent to an activating group) is 1. The standard InChI is InChI=1S/C32H43ClN3O4P/c1-5-26(33)17-16-23(2)21-41(18-12-11-15-28(41)40-20-25-13-9-7-6-8-10-14-25)22-27-34-31(38)30(37)29-32(39)35(4)24(3)19-36(27)29/h5-7,9,13-14,16-17,24,28,37,41H,1,8,10-12,15,18-22H2,2-4H3/b7-6+,13-9-,23-16+,25-14-,26-17+. The van der Waals surface area contributed by atoms with Gasteiger partial charge in [-0.1, -0.05) is 0 Å². The number of ether oxygens (including phenoxy) is 1. The van der Waals surface area contributed by atoms with Gasteiger partial charge in [-0.3, -0.25) is 0 Å². The molecule has 1 amide bonds. The summed E-state index contributed by atoms with van der Waals surface area (Å²) in [5.74, 6) is -0.287. The first-order valence-corrected chi connectivity index (χ1v) is 17.6. The Morgan fingerprint density at radius 2 is 2.07 bits per heavy atom. The maximum absolute atomic E-state index is 13.2. The van der Waals surface area contributed by atoms with Crippen molar-refractivity contribution in [2.75, 3.05) is 26.0 Å². The van der Waals surface area contributed by atoms with Crippen LogP contribution >= 0.6 is 18.9 Å². The van der Waals surface area contributed by atoms with Crippen LogP contribution in [0.2, 0.25) is 0 Å². The molecule has 3 aliphatic rings. The van der Waals surface area contributed by atoms with Crippen molar-refractivity contribution in [1.82, 2.24) is 14.5 Å². The van der Waals surface area contributed by atoms with E-state index in [2.05, 4.69) is 48.9 Å². The second-order valence-electron chi connectivity index (χ2n) is 11.6. The predicted molar refractivity (Wildman–Crippen MR) is 171 cm³/mol. The molecule has 1 aromatic heterocycles. The van der Waals surface area contributed by atoms with Gasteiger partial charge in [-0.05, 0) is 0 Å². The Balaban J connectivity index is 1.75. The number of amides is 1. The summed E-state index contributed by atoms with van der Waals surface area (Å²) in [5, 5.41) is 11.2. The van der Waals surface area contributed by atoms with Gasteiger partial charge in [-0.15, -0.1) is 0 Å². The SMILES string of the molecule is C=C/C(Cl)=C\C=C(/C)C[PH]1(Cc2nc(=O)c(O)c3n2CC(C)N(C)C3=O)CCCCC1OCC1=C\CC/C=C/C=C\1. The van der Waals surface area contributed by atoms with Crippen LogP contribution in [0.25, 0.3) is 0 Å². The molecule has 1 aromatic rings. The van der Waals surface area contributed by atoms with Crippen LogP contribution in [0.5, 0.6) is 5.75 Å². The Morgan fingerprint density at radius 3 is 2.85 bits per heavy atom. The molecule has 2 atom stereocenters. The number of aromatic hydroxyl groups is 1. The summed E-state index contributed by atoms with van der Waals surface area (Å²) < 4.78 is 8.60. The second kappa shape index (κ2) is 14.0. The zero-order chi connectivity index (χ0) is 29.6. The first kappa shape index (κ1) is 31.2. The van der Waals surface area contributed by atoms with E-state index in [1.165, 1.54) is 11.1 Å². The van der Waals surface area contributed by atoms with Gasteiger partial charge in [0.1, 0.15) is 0 Å². The molecule has 0 spiro atoms. The fourth-order valence-electron chi connectivity index (χ4n) is 6.20. The van der Waals surface area contributed by atoms with Crippen LogP contribution in [-0.2, 0) is 17.4 Å². The normalized spacial score (nSPS) is 26.7. The molecule has 0 bridgehead atoms. The first-order chi connectivity index (χ1) is 19.6. The molecule has 1 saturated heterocycles. The van der Waals surface area contributed by atoms with E-state index in [4.69, 9.17) is 16.3 Å². The summed E-state index contributed by atoms with van der Waals surface area (Å²) in [5.41, 5.74) is 1.66. The Kier molecular flexibility index (Phi) is 10.6. The van der Waals surface area contributed by atoms with Crippen molar-refractivity contribution >= 4 is 24.8 Å². The van der Waals surface area contributed by atoms with E-state index in [1.54, 1.807) is 22.6 Å². The van der Waals surface area contributed by atoms with Crippen molar-refractivity contribution in [2.24, 2.45) is 0 Å². The Hall–Kier alpha value is -2.73. The molecule has 0 saturated carbocycles. The van der Waals surface area contributed by atoms with Crippen LogP contribution in [-0.4, -0.2) is 63.3 Å². The van der Waals surface area contributed by atoms with Crippen molar-refractivity contribution in [1.29, 1.82) is 0 Å². The number of aromatic nitrogens is 2. The van der Waals surface area contributed by atoms with Crippen LogP contribution in [0.3, 0.4) is 0 Å². The molecular formula is C32H43ClN3O4P. The number of rotatable bonds is 9. The van der Waals surface area contributed by atoms with E-state index in [0.29, 0.717) is 30.2 Å². The van der Waals surface area contributed by atoms with E-state index in [0.717, 1.165) is 44.4 Å². The zero-order valence-corrected chi connectivity index (χ0v) is 26.2. The van der Waals surface area contributed by atoms with Crippen molar-refractivity contribution in [3.05, 3.63) is 93.2 Å². The molecule has 0 radical (unpaired) electrons. The number of nitrogens with zero attached hydrogens (tertiary/aromatic N) is 3. The molecular weight excluding hydrogens is 557 g/mol. The van der Waals surface area contributed by atoms with E-state index in [9.17, 15) is 14.7 Å². The summed E-state index contributed by atoms with van der Waals surface area (Å²) in [7, 11) is -0.648. The fraction of sp³-hybridized carbons (Fsp3) is 0.469. The zero-order valence-electron chi connectivity index (χ0n) is 24.4. The number of halogens is 1. The summed E-state index contributed by atoms with van der Waals surface area (Å²) in [6.45, 7) is 8.83.